The third-order valence-electron chi connectivity index (χ3n) is 5.35. The number of aliphatic imine (C=N–C) groups is 1. The Morgan fingerprint density at radius 1 is 1.09 bits per heavy atom. The predicted octanol–water partition coefficient (Wildman–Crippen LogP) is 4.35. The largest absolute Gasteiger partial charge is 0.499 e. The van der Waals surface area contributed by atoms with E-state index in [2.05, 4.69) is 15.3 Å². The van der Waals surface area contributed by atoms with Gasteiger partial charge >= 0.3 is 4.87 Å². The number of nitrogens with zero attached hydrogens (tertiary/aromatic N) is 2. The maximum atomic E-state index is 12.5. The molecule has 1 aliphatic rings. The standard InChI is InChI=1S/C23H16N4O6S/c28-21-20(22(29)34-23(30)26-21)17-11-16(24-14-3-1-2-4-15(14)25-17)19-10-9-18(33-19)12-5-7-13(8-6-12)27(31)32/h1-10,16,24,29H,11H2,(H,26,28,30). The quantitative estimate of drug-likeness (QED) is 0.293. The van der Waals surface area contributed by atoms with Gasteiger partial charge in [-0.05, 0) is 47.7 Å². The Hall–Kier alpha value is -4.51. The Balaban J connectivity index is 1.55. The predicted molar refractivity (Wildman–Crippen MR) is 127 cm³/mol. The van der Waals surface area contributed by atoms with Crippen molar-refractivity contribution >= 4 is 34.1 Å². The lowest BCUT2D eigenvalue weighted by atomic mass is 10.0. The van der Waals surface area contributed by atoms with Gasteiger partial charge in [-0.3, -0.25) is 29.7 Å². The molecule has 170 valence electrons. The molecule has 0 aliphatic carbocycles. The fraction of sp³-hybridized carbons (Fsp3) is 0.0870. The fourth-order valence-electron chi connectivity index (χ4n) is 3.76. The fourth-order valence-corrected chi connectivity index (χ4v) is 4.39. The molecule has 0 fully saturated rings. The number of anilines is 1. The highest BCUT2D eigenvalue weighted by Crippen LogP contribution is 2.37. The van der Waals surface area contributed by atoms with Crippen LogP contribution in [0.4, 0.5) is 17.1 Å². The molecule has 1 aliphatic heterocycles. The van der Waals surface area contributed by atoms with Crippen LogP contribution in [-0.4, -0.2) is 20.7 Å². The van der Waals surface area contributed by atoms with Crippen molar-refractivity contribution in [3.63, 3.8) is 0 Å². The van der Waals surface area contributed by atoms with E-state index in [0.717, 1.165) is 0 Å². The first-order chi connectivity index (χ1) is 16.4. The summed E-state index contributed by atoms with van der Waals surface area (Å²) in [6.45, 7) is 0. The highest BCUT2D eigenvalue weighted by atomic mass is 32.1. The Labute approximate surface area is 195 Å². The number of H-pyrrole nitrogens is 1. The molecule has 0 radical (unpaired) electrons. The van der Waals surface area contributed by atoms with Gasteiger partial charge in [-0.1, -0.05) is 12.1 Å². The van der Waals surface area contributed by atoms with E-state index in [1.165, 1.54) is 12.1 Å². The Bertz CT molecular complexity index is 1550. The number of furan rings is 1. The number of aromatic hydroxyl groups is 1. The van der Waals surface area contributed by atoms with Crippen molar-refractivity contribution in [2.75, 3.05) is 5.32 Å². The van der Waals surface area contributed by atoms with Crippen LogP contribution < -0.4 is 15.7 Å². The number of nitro groups is 1. The summed E-state index contributed by atoms with van der Waals surface area (Å²) in [5, 5.41) is 24.2. The zero-order valence-electron chi connectivity index (χ0n) is 17.3. The lowest BCUT2D eigenvalue weighted by Gasteiger charge is -2.16. The monoisotopic (exact) mass is 476 g/mol. The molecule has 4 aromatic rings. The van der Waals surface area contributed by atoms with Crippen LogP contribution in [0.25, 0.3) is 11.3 Å². The zero-order chi connectivity index (χ0) is 23.8. The highest BCUT2D eigenvalue weighted by Gasteiger charge is 2.27. The molecule has 2 aromatic carbocycles. The van der Waals surface area contributed by atoms with E-state index in [0.29, 0.717) is 45.5 Å². The van der Waals surface area contributed by atoms with Crippen LogP contribution in [0.3, 0.4) is 0 Å². The smallest absolute Gasteiger partial charge is 0.310 e. The first-order valence-corrected chi connectivity index (χ1v) is 10.9. The van der Waals surface area contributed by atoms with Crippen LogP contribution in [0.2, 0.25) is 0 Å². The second kappa shape index (κ2) is 8.45. The first-order valence-electron chi connectivity index (χ1n) is 10.1. The normalized spacial score (nSPS) is 15.1. The molecule has 0 bridgehead atoms. The second-order valence-electron chi connectivity index (χ2n) is 7.51. The zero-order valence-corrected chi connectivity index (χ0v) is 18.2. The summed E-state index contributed by atoms with van der Waals surface area (Å²) in [5.41, 5.74) is 1.44. The van der Waals surface area contributed by atoms with Gasteiger partial charge in [0.05, 0.1) is 28.1 Å². The van der Waals surface area contributed by atoms with Crippen LogP contribution in [-0.2, 0) is 0 Å². The summed E-state index contributed by atoms with van der Waals surface area (Å²) in [6.07, 6.45) is 0.184. The van der Waals surface area contributed by atoms with Crippen molar-refractivity contribution in [2.45, 2.75) is 12.5 Å². The molecular weight excluding hydrogens is 460 g/mol. The minimum absolute atomic E-state index is 0.0198. The number of aromatic amines is 1. The van der Waals surface area contributed by atoms with Crippen LogP contribution in [0, 0.1) is 10.1 Å². The summed E-state index contributed by atoms with van der Waals surface area (Å²) in [7, 11) is 0. The highest BCUT2D eigenvalue weighted by molar-refractivity contribution is 7.11. The van der Waals surface area contributed by atoms with E-state index < -0.39 is 26.5 Å². The van der Waals surface area contributed by atoms with Gasteiger partial charge in [0, 0.05) is 24.1 Å². The number of rotatable bonds is 4. The van der Waals surface area contributed by atoms with Gasteiger partial charge in [-0.15, -0.1) is 0 Å². The van der Waals surface area contributed by atoms with Crippen LogP contribution in [0.1, 0.15) is 23.8 Å². The number of fused-ring (bicyclic) bond motifs is 1. The number of hydrogen-bond acceptors (Lipinski definition) is 9. The molecule has 34 heavy (non-hydrogen) atoms. The molecule has 3 heterocycles. The van der Waals surface area contributed by atoms with Crippen molar-refractivity contribution in [2.24, 2.45) is 4.99 Å². The van der Waals surface area contributed by atoms with Crippen LogP contribution in [0.5, 0.6) is 5.06 Å². The van der Waals surface area contributed by atoms with Crippen molar-refractivity contribution < 1.29 is 14.4 Å². The van der Waals surface area contributed by atoms with E-state index in [9.17, 15) is 24.8 Å². The average Bonchev–Trinajstić information content (AvgIpc) is 3.21. The molecule has 11 heteroatoms. The van der Waals surface area contributed by atoms with Crippen molar-refractivity contribution in [3.8, 4) is 16.4 Å². The van der Waals surface area contributed by atoms with Gasteiger partial charge in [-0.2, -0.15) is 0 Å². The maximum absolute atomic E-state index is 12.5. The number of nitro benzene ring substituents is 1. The van der Waals surface area contributed by atoms with Crippen LogP contribution in [0.15, 0.2) is 79.7 Å². The van der Waals surface area contributed by atoms with Crippen molar-refractivity contribution in [3.05, 3.63) is 102 Å². The van der Waals surface area contributed by atoms with E-state index in [4.69, 9.17) is 4.42 Å². The second-order valence-corrected chi connectivity index (χ2v) is 8.47. The van der Waals surface area contributed by atoms with Gasteiger partial charge in [0.25, 0.3) is 11.2 Å². The van der Waals surface area contributed by atoms with Gasteiger partial charge in [0.15, 0.2) is 5.06 Å². The molecular formula is C23H16N4O6S. The van der Waals surface area contributed by atoms with Gasteiger partial charge in [-0.25, -0.2) is 0 Å². The number of para-hydroxylation sites is 2. The number of hydrogen-bond donors (Lipinski definition) is 3. The molecule has 1 atom stereocenters. The first kappa shape index (κ1) is 21.3. The lowest BCUT2D eigenvalue weighted by Crippen LogP contribution is -2.25. The van der Waals surface area contributed by atoms with Gasteiger partial charge < -0.3 is 14.8 Å². The molecule has 1 unspecified atom stereocenters. The van der Waals surface area contributed by atoms with Crippen LogP contribution >= 0.6 is 11.3 Å². The minimum atomic E-state index is -0.718. The Morgan fingerprint density at radius 2 is 1.85 bits per heavy atom. The summed E-state index contributed by atoms with van der Waals surface area (Å²) >= 11 is 0.528. The molecule has 0 amide bonds. The Morgan fingerprint density at radius 3 is 2.59 bits per heavy atom. The summed E-state index contributed by atoms with van der Waals surface area (Å²) in [4.78, 5) is 40.7. The Kier molecular flexibility index (Phi) is 5.30. The molecule has 5 rings (SSSR count). The SMILES string of the molecule is O=c1[nH]c(=O)c(C2=Nc3ccccc3NC(c3ccc(-c4ccc([N+](=O)[O-])cc4)o3)C2)c(O)s1. The number of nitrogens with one attached hydrogen (secondary N) is 2. The van der Waals surface area contributed by atoms with E-state index >= 15 is 0 Å². The molecule has 0 saturated carbocycles. The molecule has 0 spiro atoms. The van der Waals surface area contributed by atoms with E-state index in [-0.39, 0.29) is 17.7 Å². The van der Waals surface area contributed by atoms with Gasteiger partial charge in [0.1, 0.15) is 17.1 Å². The number of benzene rings is 2. The molecule has 0 saturated heterocycles. The summed E-state index contributed by atoms with van der Waals surface area (Å²) in [6, 6.07) is 16.3. The molecule has 10 nitrogen and oxygen atoms in total. The number of aromatic nitrogens is 1. The van der Waals surface area contributed by atoms with Gasteiger partial charge in [0.2, 0.25) is 0 Å². The minimum Gasteiger partial charge on any atom is -0.499 e. The topological polar surface area (TPSA) is 151 Å². The third kappa shape index (κ3) is 3.99. The van der Waals surface area contributed by atoms with Crippen molar-refractivity contribution in [1.29, 1.82) is 0 Å². The summed E-state index contributed by atoms with van der Waals surface area (Å²) < 4.78 is 6.06. The molecule has 3 N–H and O–H groups in total. The average molecular weight is 476 g/mol. The number of non-ortho nitro benzene ring substituents is 1. The van der Waals surface area contributed by atoms with Crippen molar-refractivity contribution in [1.82, 2.24) is 4.98 Å². The lowest BCUT2D eigenvalue weighted by molar-refractivity contribution is -0.384. The summed E-state index contributed by atoms with van der Waals surface area (Å²) in [5.74, 6) is 1.05. The third-order valence-corrected chi connectivity index (χ3v) is 6.04. The van der Waals surface area contributed by atoms with E-state index in [1.807, 2.05) is 12.1 Å². The maximum Gasteiger partial charge on any atom is 0.310 e. The molecule has 2 aromatic heterocycles. The van der Waals surface area contributed by atoms with E-state index in [1.54, 1.807) is 36.4 Å².